The summed E-state index contributed by atoms with van der Waals surface area (Å²) in [6.07, 6.45) is 5.34. The van der Waals surface area contributed by atoms with Gasteiger partial charge in [-0.3, -0.25) is 4.79 Å². The van der Waals surface area contributed by atoms with Gasteiger partial charge >= 0.3 is 0 Å². The van der Waals surface area contributed by atoms with Crippen LogP contribution in [-0.2, 0) is 9.53 Å². The molecule has 18 heavy (non-hydrogen) atoms. The number of methoxy groups -OCH3 is 1. The second kappa shape index (κ2) is 6.02. The summed E-state index contributed by atoms with van der Waals surface area (Å²) in [6.45, 7) is 5.80. The molecule has 0 radical (unpaired) electrons. The van der Waals surface area contributed by atoms with Gasteiger partial charge in [0, 0.05) is 20.2 Å². The fraction of sp³-hybridized carbons (Fsp3) is 0.929. The molecule has 1 atom stereocenters. The average Bonchev–Trinajstić information content (AvgIpc) is 2.88. The van der Waals surface area contributed by atoms with Crippen LogP contribution < -0.4 is 5.32 Å². The highest BCUT2D eigenvalue weighted by atomic mass is 16.5. The molecule has 0 aliphatic carbocycles. The maximum Gasteiger partial charge on any atom is 0.228 e. The minimum atomic E-state index is -0.0946. The Hall–Kier alpha value is -0.610. The number of rotatable bonds is 4. The summed E-state index contributed by atoms with van der Waals surface area (Å²) in [5.74, 6) is 0.380. The second-order valence-electron chi connectivity index (χ2n) is 5.68. The van der Waals surface area contributed by atoms with Gasteiger partial charge in [0.15, 0.2) is 0 Å². The lowest BCUT2D eigenvalue weighted by molar-refractivity contribution is -0.143. The molecule has 0 spiro atoms. The molecule has 0 aromatic rings. The van der Waals surface area contributed by atoms with Crippen LogP contribution in [0.4, 0.5) is 0 Å². The summed E-state index contributed by atoms with van der Waals surface area (Å²) in [4.78, 5) is 14.9. The largest absolute Gasteiger partial charge is 0.380 e. The van der Waals surface area contributed by atoms with Gasteiger partial charge in [-0.15, -0.1) is 0 Å². The van der Waals surface area contributed by atoms with Crippen molar-refractivity contribution in [2.45, 2.75) is 45.1 Å². The van der Waals surface area contributed by atoms with Crippen LogP contribution in [0.25, 0.3) is 0 Å². The van der Waals surface area contributed by atoms with E-state index in [4.69, 9.17) is 4.74 Å². The number of nitrogens with zero attached hydrogens (tertiary/aromatic N) is 1. The number of carbonyl (C=O) groups excluding carboxylic acids is 1. The average molecular weight is 254 g/mol. The van der Waals surface area contributed by atoms with Gasteiger partial charge in [-0.05, 0) is 38.8 Å². The summed E-state index contributed by atoms with van der Waals surface area (Å²) in [6, 6.07) is 0. The molecule has 4 nitrogen and oxygen atoms in total. The van der Waals surface area contributed by atoms with Crippen molar-refractivity contribution in [3.8, 4) is 0 Å². The molecular formula is C14H26N2O2. The van der Waals surface area contributed by atoms with E-state index in [2.05, 4.69) is 12.2 Å². The lowest BCUT2D eigenvalue weighted by Crippen LogP contribution is -2.48. The van der Waals surface area contributed by atoms with E-state index in [-0.39, 0.29) is 11.5 Å². The van der Waals surface area contributed by atoms with Crippen LogP contribution in [0, 0.1) is 5.41 Å². The Labute approximate surface area is 110 Å². The Morgan fingerprint density at radius 2 is 2.17 bits per heavy atom. The zero-order valence-corrected chi connectivity index (χ0v) is 11.7. The maximum absolute atomic E-state index is 12.8. The van der Waals surface area contributed by atoms with Crippen molar-refractivity contribution >= 4 is 5.91 Å². The smallest absolute Gasteiger partial charge is 0.228 e. The van der Waals surface area contributed by atoms with E-state index in [0.29, 0.717) is 5.91 Å². The normalized spacial score (nSPS) is 27.4. The van der Waals surface area contributed by atoms with Crippen LogP contribution in [0.5, 0.6) is 0 Å². The van der Waals surface area contributed by atoms with E-state index in [9.17, 15) is 4.79 Å². The lowest BCUT2D eigenvalue weighted by atomic mass is 9.74. The maximum atomic E-state index is 12.8. The Morgan fingerprint density at radius 3 is 2.72 bits per heavy atom. The highest BCUT2D eigenvalue weighted by Crippen LogP contribution is 2.37. The number of hydrogen-bond acceptors (Lipinski definition) is 3. The molecule has 2 fully saturated rings. The molecule has 1 unspecified atom stereocenters. The molecule has 2 aliphatic heterocycles. The molecular weight excluding hydrogens is 228 g/mol. The number of nitrogens with one attached hydrogen (secondary N) is 1. The third-order valence-electron chi connectivity index (χ3n) is 4.51. The van der Waals surface area contributed by atoms with Gasteiger partial charge in [0.25, 0.3) is 0 Å². The topological polar surface area (TPSA) is 41.6 Å². The van der Waals surface area contributed by atoms with Crippen LogP contribution in [0.15, 0.2) is 0 Å². The van der Waals surface area contributed by atoms with E-state index < -0.39 is 0 Å². The molecule has 1 amide bonds. The van der Waals surface area contributed by atoms with E-state index in [1.165, 1.54) is 0 Å². The van der Waals surface area contributed by atoms with Crippen molar-refractivity contribution in [3.63, 3.8) is 0 Å². The molecule has 0 bridgehead atoms. The number of likely N-dealkylation sites (tertiary alicyclic amines) is 1. The number of piperidine rings is 1. The fourth-order valence-corrected chi connectivity index (χ4v) is 3.40. The van der Waals surface area contributed by atoms with Crippen molar-refractivity contribution in [2.75, 3.05) is 33.3 Å². The molecule has 1 N–H and O–H groups in total. The molecule has 2 heterocycles. The quantitative estimate of drug-likeness (QED) is 0.824. The van der Waals surface area contributed by atoms with Crippen LogP contribution in [0.3, 0.4) is 0 Å². The van der Waals surface area contributed by atoms with Gasteiger partial charge in [0.2, 0.25) is 5.91 Å². The highest BCUT2D eigenvalue weighted by Gasteiger charge is 2.42. The standard InChI is InChI=1S/C14H26N2O2/c1-3-5-14(6-8-15-9-7-14)13(17)16-10-4-12(11-16)18-2/h12,15H,3-11H2,1-2H3. The zero-order valence-electron chi connectivity index (χ0n) is 11.7. The molecule has 0 saturated carbocycles. The van der Waals surface area contributed by atoms with Crippen molar-refractivity contribution in [1.29, 1.82) is 0 Å². The first-order valence-corrected chi connectivity index (χ1v) is 7.25. The van der Waals surface area contributed by atoms with E-state index >= 15 is 0 Å². The van der Waals surface area contributed by atoms with Gasteiger partial charge in [-0.25, -0.2) is 0 Å². The molecule has 4 heteroatoms. The monoisotopic (exact) mass is 254 g/mol. The summed E-state index contributed by atoms with van der Waals surface area (Å²) >= 11 is 0. The van der Waals surface area contributed by atoms with Gasteiger partial charge in [0.05, 0.1) is 11.5 Å². The van der Waals surface area contributed by atoms with Crippen molar-refractivity contribution in [1.82, 2.24) is 10.2 Å². The number of carbonyl (C=O) groups is 1. The molecule has 0 aromatic heterocycles. The minimum Gasteiger partial charge on any atom is -0.380 e. The van der Waals surface area contributed by atoms with Crippen LogP contribution in [0.2, 0.25) is 0 Å². The molecule has 104 valence electrons. The molecule has 2 aliphatic rings. The fourth-order valence-electron chi connectivity index (χ4n) is 3.40. The Morgan fingerprint density at radius 1 is 1.44 bits per heavy atom. The van der Waals surface area contributed by atoms with E-state index in [1.807, 2.05) is 4.90 Å². The minimum absolute atomic E-state index is 0.0946. The number of amides is 1. The Balaban J connectivity index is 2.04. The zero-order chi connectivity index (χ0) is 13.0. The SMILES string of the molecule is CCCC1(C(=O)N2CCC(OC)C2)CCNCC1. The summed E-state index contributed by atoms with van der Waals surface area (Å²) in [5.41, 5.74) is -0.0946. The first-order valence-electron chi connectivity index (χ1n) is 7.25. The Bertz CT molecular complexity index is 282. The molecule has 2 rings (SSSR count). The summed E-state index contributed by atoms with van der Waals surface area (Å²) < 4.78 is 5.37. The number of ether oxygens (including phenoxy) is 1. The molecule has 2 saturated heterocycles. The first kappa shape index (κ1) is 13.8. The molecule has 0 aromatic carbocycles. The third-order valence-corrected chi connectivity index (χ3v) is 4.51. The van der Waals surface area contributed by atoms with E-state index in [1.54, 1.807) is 7.11 Å². The Kier molecular flexibility index (Phi) is 4.62. The summed E-state index contributed by atoms with van der Waals surface area (Å²) in [5, 5.41) is 3.37. The van der Waals surface area contributed by atoms with Gasteiger partial charge in [-0.1, -0.05) is 13.3 Å². The van der Waals surface area contributed by atoms with Crippen LogP contribution in [-0.4, -0.2) is 50.2 Å². The van der Waals surface area contributed by atoms with Gasteiger partial charge in [-0.2, -0.15) is 0 Å². The van der Waals surface area contributed by atoms with Crippen LogP contribution >= 0.6 is 0 Å². The highest BCUT2D eigenvalue weighted by molar-refractivity contribution is 5.83. The summed E-state index contributed by atoms with van der Waals surface area (Å²) in [7, 11) is 1.74. The lowest BCUT2D eigenvalue weighted by Gasteiger charge is -2.39. The van der Waals surface area contributed by atoms with Crippen molar-refractivity contribution in [3.05, 3.63) is 0 Å². The first-order chi connectivity index (χ1) is 8.72. The predicted octanol–water partition coefficient (Wildman–Crippen LogP) is 1.40. The third kappa shape index (κ3) is 2.69. The van der Waals surface area contributed by atoms with E-state index in [0.717, 1.165) is 58.3 Å². The predicted molar refractivity (Wildman–Crippen MR) is 71.4 cm³/mol. The van der Waals surface area contributed by atoms with Crippen LogP contribution in [0.1, 0.15) is 39.0 Å². The van der Waals surface area contributed by atoms with Crippen molar-refractivity contribution < 1.29 is 9.53 Å². The van der Waals surface area contributed by atoms with Crippen molar-refractivity contribution in [2.24, 2.45) is 5.41 Å². The van der Waals surface area contributed by atoms with Gasteiger partial charge < -0.3 is 15.0 Å². The second-order valence-corrected chi connectivity index (χ2v) is 5.68. The number of hydrogen-bond donors (Lipinski definition) is 1. The van der Waals surface area contributed by atoms with Gasteiger partial charge in [0.1, 0.15) is 0 Å².